The number of aromatic nitrogens is 4. The maximum absolute atomic E-state index is 13.2. The first-order valence-corrected chi connectivity index (χ1v) is 11.0. The molecule has 1 N–H and O–H groups in total. The predicted octanol–water partition coefficient (Wildman–Crippen LogP) is 4.74. The highest BCUT2D eigenvalue weighted by molar-refractivity contribution is 6.30. The van der Waals surface area contributed by atoms with E-state index in [0.717, 1.165) is 24.8 Å². The second-order valence-electron chi connectivity index (χ2n) is 7.58. The van der Waals surface area contributed by atoms with Crippen LogP contribution in [0.2, 0.25) is 5.02 Å². The van der Waals surface area contributed by atoms with Crippen LogP contribution in [0, 0.1) is 0 Å². The van der Waals surface area contributed by atoms with Crippen LogP contribution < -0.4 is 10.9 Å². The summed E-state index contributed by atoms with van der Waals surface area (Å²) in [6.07, 6.45) is 4.49. The molecule has 7 nitrogen and oxygen atoms in total. The number of nitrogens with one attached hydrogen (secondary N) is 1. The highest BCUT2D eigenvalue weighted by Gasteiger charge is 2.18. The Morgan fingerprint density at radius 1 is 1.00 bits per heavy atom. The van der Waals surface area contributed by atoms with Gasteiger partial charge in [0.1, 0.15) is 5.82 Å². The number of hydrogen-bond donors (Lipinski definition) is 1. The Morgan fingerprint density at radius 3 is 2.50 bits per heavy atom. The maximum Gasteiger partial charge on any atom is 0.277 e. The minimum Gasteiger partial charge on any atom is -0.305 e. The van der Waals surface area contributed by atoms with Gasteiger partial charge in [-0.1, -0.05) is 61.7 Å². The first kappa shape index (κ1) is 21.8. The lowest BCUT2D eigenvalue weighted by Crippen LogP contribution is -2.28. The minimum atomic E-state index is -0.386. The largest absolute Gasteiger partial charge is 0.305 e. The number of fused-ring (bicyclic) bond motifs is 1. The SMILES string of the molecule is CCCCCn1nc(C(=O)Nc2ccnn2Cc2ccc(Cl)cc2)c2ccccc2c1=O. The number of carbonyl (C=O) groups is 1. The molecule has 0 radical (unpaired) electrons. The van der Waals surface area contributed by atoms with Crippen LogP contribution in [0.1, 0.15) is 42.2 Å². The summed E-state index contributed by atoms with van der Waals surface area (Å²) in [6, 6.07) is 16.3. The van der Waals surface area contributed by atoms with Crippen molar-refractivity contribution in [1.82, 2.24) is 19.6 Å². The Labute approximate surface area is 190 Å². The van der Waals surface area contributed by atoms with Gasteiger partial charge in [0.25, 0.3) is 11.5 Å². The molecule has 0 fully saturated rings. The topological polar surface area (TPSA) is 81.8 Å². The zero-order chi connectivity index (χ0) is 22.5. The number of aryl methyl sites for hydroxylation is 1. The zero-order valence-electron chi connectivity index (χ0n) is 17.8. The molecule has 2 aromatic heterocycles. The van der Waals surface area contributed by atoms with Crippen LogP contribution in [0.5, 0.6) is 0 Å². The van der Waals surface area contributed by atoms with Gasteiger partial charge in [0.05, 0.1) is 18.1 Å². The molecule has 0 spiro atoms. The number of rotatable bonds is 8. The van der Waals surface area contributed by atoms with Crippen LogP contribution in [0.4, 0.5) is 5.82 Å². The third kappa shape index (κ3) is 4.73. The predicted molar refractivity (Wildman–Crippen MR) is 126 cm³/mol. The molecule has 2 heterocycles. The van der Waals surface area contributed by atoms with Crippen LogP contribution in [0.3, 0.4) is 0 Å². The average Bonchev–Trinajstić information content (AvgIpc) is 3.23. The van der Waals surface area contributed by atoms with Crippen LogP contribution in [0.15, 0.2) is 65.6 Å². The van der Waals surface area contributed by atoms with Gasteiger partial charge in [-0.05, 0) is 30.2 Å². The van der Waals surface area contributed by atoms with E-state index in [9.17, 15) is 9.59 Å². The standard InChI is InChI=1S/C24H24ClN5O2/c1-2-3-6-15-29-24(32)20-8-5-4-7-19(20)22(28-29)23(31)27-21-13-14-26-30(21)16-17-9-11-18(25)12-10-17/h4-5,7-14H,2-3,6,15-16H2,1H3,(H,27,31). The molecule has 4 aromatic rings. The molecule has 0 unspecified atom stereocenters. The smallest absolute Gasteiger partial charge is 0.277 e. The van der Waals surface area contributed by atoms with E-state index in [1.54, 1.807) is 41.2 Å². The molecule has 0 saturated heterocycles. The number of benzene rings is 2. The van der Waals surface area contributed by atoms with E-state index in [1.807, 2.05) is 24.3 Å². The van der Waals surface area contributed by atoms with Crippen LogP contribution in [-0.4, -0.2) is 25.5 Å². The second-order valence-corrected chi connectivity index (χ2v) is 8.02. The van der Waals surface area contributed by atoms with Crippen molar-refractivity contribution in [2.75, 3.05) is 5.32 Å². The van der Waals surface area contributed by atoms with E-state index in [-0.39, 0.29) is 17.2 Å². The second kappa shape index (κ2) is 9.78. The monoisotopic (exact) mass is 449 g/mol. The van der Waals surface area contributed by atoms with Gasteiger partial charge in [-0.2, -0.15) is 10.2 Å². The molecule has 2 aromatic carbocycles. The molecule has 0 bridgehead atoms. The highest BCUT2D eigenvalue weighted by atomic mass is 35.5. The number of halogens is 1. The van der Waals surface area contributed by atoms with Crippen LogP contribution >= 0.6 is 11.6 Å². The molecule has 0 atom stereocenters. The summed E-state index contributed by atoms with van der Waals surface area (Å²) < 4.78 is 3.10. The van der Waals surface area contributed by atoms with Crippen molar-refractivity contribution in [3.63, 3.8) is 0 Å². The summed E-state index contributed by atoms with van der Waals surface area (Å²) in [5, 5.41) is 13.3. The molecular formula is C24H24ClN5O2. The van der Waals surface area contributed by atoms with E-state index < -0.39 is 0 Å². The maximum atomic E-state index is 13.2. The molecular weight excluding hydrogens is 426 g/mol. The van der Waals surface area contributed by atoms with Gasteiger partial charge in [0, 0.05) is 23.0 Å². The fourth-order valence-corrected chi connectivity index (χ4v) is 3.70. The lowest BCUT2D eigenvalue weighted by molar-refractivity contribution is 0.102. The fraction of sp³-hybridized carbons (Fsp3) is 0.250. The van der Waals surface area contributed by atoms with E-state index in [4.69, 9.17) is 11.6 Å². The van der Waals surface area contributed by atoms with Gasteiger partial charge in [-0.25, -0.2) is 9.36 Å². The number of hydrogen-bond acceptors (Lipinski definition) is 4. The van der Waals surface area contributed by atoms with Crippen LogP contribution in [0.25, 0.3) is 10.8 Å². The molecule has 0 saturated carbocycles. The molecule has 0 aliphatic heterocycles. The summed E-state index contributed by atoms with van der Waals surface area (Å²) in [5.74, 6) is 0.155. The zero-order valence-corrected chi connectivity index (χ0v) is 18.5. The lowest BCUT2D eigenvalue weighted by Gasteiger charge is -2.12. The van der Waals surface area contributed by atoms with Gasteiger partial charge < -0.3 is 5.32 Å². The summed E-state index contributed by atoms with van der Waals surface area (Å²) in [5.41, 5.74) is 1.04. The van der Waals surface area contributed by atoms with Crippen molar-refractivity contribution < 1.29 is 4.79 Å². The first-order chi connectivity index (χ1) is 15.6. The van der Waals surface area contributed by atoms with Crippen LogP contribution in [-0.2, 0) is 13.1 Å². The van der Waals surface area contributed by atoms with Crippen molar-refractivity contribution in [1.29, 1.82) is 0 Å². The molecule has 8 heteroatoms. The Balaban J connectivity index is 1.63. The van der Waals surface area contributed by atoms with Crippen molar-refractivity contribution in [3.8, 4) is 0 Å². The van der Waals surface area contributed by atoms with E-state index in [1.165, 1.54) is 4.68 Å². The normalized spacial score (nSPS) is 11.1. The molecule has 0 aliphatic rings. The van der Waals surface area contributed by atoms with E-state index in [0.29, 0.717) is 34.7 Å². The van der Waals surface area contributed by atoms with Crippen molar-refractivity contribution >= 4 is 34.1 Å². The molecule has 0 aliphatic carbocycles. The molecule has 4 rings (SSSR count). The van der Waals surface area contributed by atoms with Crippen molar-refractivity contribution in [3.05, 3.63) is 87.4 Å². The fourth-order valence-electron chi connectivity index (χ4n) is 3.57. The Morgan fingerprint density at radius 2 is 1.75 bits per heavy atom. The third-order valence-electron chi connectivity index (χ3n) is 5.26. The molecule has 164 valence electrons. The van der Waals surface area contributed by atoms with E-state index in [2.05, 4.69) is 22.4 Å². The molecule has 32 heavy (non-hydrogen) atoms. The van der Waals surface area contributed by atoms with Crippen molar-refractivity contribution in [2.24, 2.45) is 0 Å². The highest BCUT2D eigenvalue weighted by Crippen LogP contribution is 2.17. The summed E-state index contributed by atoms with van der Waals surface area (Å²) in [4.78, 5) is 26.1. The lowest BCUT2D eigenvalue weighted by atomic mass is 10.1. The number of carbonyl (C=O) groups excluding carboxylic acids is 1. The van der Waals surface area contributed by atoms with Crippen molar-refractivity contribution in [2.45, 2.75) is 39.3 Å². The Hall–Kier alpha value is -3.45. The summed E-state index contributed by atoms with van der Waals surface area (Å²) >= 11 is 5.96. The van der Waals surface area contributed by atoms with Gasteiger partial charge >= 0.3 is 0 Å². The minimum absolute atomic E-state index is 0.180. The van der Waals surface area contributed by atoms with Gasteiger partial charge in [0.15, 0.2) is 5.69 Å². The third-order valence-corrected chi connectivity index (χ3v) is 5.51. The first-order valence-electron chi connectivity index (χ1n) is 10.6. The number of unbranched alkanes of at least 4 members (excludes halogenated alkanes) is 2. The summed E-state index contributed by atoms with van der Waals surface area (Å²) in [6.45, 7) is 3.05. The number of anilines is 1. The van der Waals surface area contributed by atoms with Gasteiger partial charge in [-0.3, -0.25) is 9.59 Å². The van der Waals surface area contributed by atoms with Gasteiger partial charge in [-0.15, -0.1) is 0 Å². The average molecular weight is 450 g/mol. The quantitative estimate of drug-likeness (QED) is 0.394. The number of nitrogens with zero attached hydrogens (tertiary/aromatic N) is 4. The molecule has 1 amide bonds. The Kier molecular flexibility index (Phi) is 6.66. The van der Waals surface area contributed by atoms with E-state index >= 15 is 0 Å². The Bertz CT molecular complexity index is 1290. The summed E-state index contributed by atoms with van der Waals surface area (Å²) in [7, 11) is 0. The van der Waals surface area contributed by atoms with Gasteiger partial charge in [0.2, 0.25) is 0 Å². The number of amides is 1.